The second-order valence-corrected chi connectivity index (χ2v) is 6.69. The van der Waals surface area contributed by atoms with Crippen molar-refractivity contribution in [1.29, 1.82) is 0 Å². The van der Waals surface area contributed by atoms with Crippen molar-refractivity contribution in [3.63, 3.8) is 0 Å². The lowest BCUT2D eigenvalue weighted by atomic mass is 9.98. The SMILES string of the molecule is COc1cc(C(=O)NC[C@@H](C)N2CCC(C)CC2)cc(OC)c1OC. The topological polar surface area (TPSA) is 60.0 Å². The van der Waals surface area contributed by atoms with Gasteiger partial charge in [-0.15, -0.1) is 0 Å². The van der Waals surface area contributed by atoms with E-state index in [1.807, 2.05) is 0 Å². The first-order chi connectivity index (χ1) is 12.0. The number of nitrogens with zero attached hydrogens (tertiary/aromatic N) is 1. The van der Waals surface area contributed by atoms with Crippen LogP contribution >= 0.6 is 0 Å². The average Bonchev–Trinajstić information content (AvgIpc) is 2.64. The summed E-state index contributed by atoms with van der Waals surface area (Å²) in [5.74, 6) is 2.10. The standard InChI is InChI=1S/C19H30N2O4/c1-13-6-8-21(9-7-13)14(2)12-20-19(22)15-10-16(23-3)18(25-5)17(11-15)24-4/h10-11,13-14H,6-9,12H2,1-5H3,(H,20,22)/t14-/m1/s1. The van der Waals surface area contributed by atoms with Crippen molar-refractivity contribution in [1.82, 2.24) is 10.2 Å². The van der Waals surface area contributed by atoms with Crippen LogP contribution in [0.1, 0.15) is 37.0 Å². The van der Waals surface area contributed by atoms with E-state index in [-0.39, 0.29) is 5.91 Å². The van der Waals surface area contributed by atoms with Gasteiger partial charge in [0.15, 0.2) is 11.5 Å². The van der Waals surface area contributed by atoms with Gasteiger partial charge in [0.25, 0.3) is 5.91 Å². The van der Waals surface area contributed by atoms with Gasteiger partial charge in [0, 0.05) is 18.2 Å². The molecular weight excluding hydrogens is 320 g/mol. The fourth-order valence-corrected chi connectivity index (χ4v) is 3.15. The molecule has 0 unspecified atom stereocenters. The summed E-state index contributed by atoms with van der Waals surface area (Å²) in [5, 5.41) is 3.01. The molecule has 1 fully saturated rings. The summed E-state index contributed by atoms with van der Waals surface area (Å²) in [7, 11) is 4.62. The van der Waals surface area contributed by atoms with Gasteiger partial charge in [-0.1, -0.05) is 6.92 Å². The highest BCUT2D eigenvalue weighted by Gasteiger charge is 2.21. The summed E-state index contributed by atoms with van der Waals surface area (Å²) >= 11 is 0. The molecule has 6 nitrogen and oxygen atoms in total. The normalized spacial score (nSPS) is 17.0. The van der Waals surface area contributed by atoms with Crippen LogP contribution in [0.2, 0.25) is 0 Å². The Hall–Kier alpha value is -1.95. The molecule has 2 rings (SSSR count). The quantitative estimate of drug-likeness (QED) is 0.819. The first-order valence-electron chi connectivity index (χ1n) is 8.82. The van der Waals surface area contributed by atoms with Gasteiger partial charge >= 0.3 is 0 Å². The lowest BCUT2D eigenvalue weighted by Gasteiger charge is -2.35. The van der Waals surface area contributed by atoms with Gasteiger partial charge in [-0.25, -0.2) is 0 Å². The molecule has 6 heteroatoms. The number of carbonyl (C=O) groups excluding carboxylic acids is 1. The largest absolute Gasteiger partial charge is 0.493 e. The minimum atomic E-state index is -0.142. The van der Waals surface area contributed by atoms with E-state index in [1.165, 1.54) is 12.8 Å². The Morgan fingerprint density at radius 2 is 1.72 bits per heavy atom. The molecule has 0 aliphatic carbocycles. The molecule has 0 spiro atoms. The Balaban J connectivity index is 2.00. The number of benzene rings is 1. The maximum absolute atomic E-state index is 12.5. The number of ether oxygens (including phenoxy) is 3. The summed E-state index contributed by atoms with van der Waals surface area (Å²) in [6.45, 7) is 7.27. The maximum atomic E-state index is 12.5. The lowest BCUT2D eigenvalue weighted by Crippen LogP contribution is -2.45. The van der Waals surface area contributed by atoms with E-state index in [0.717, 1.165) is 19.0 Å². The zero-order valence-electron chi connectivity index (χ0n) is 15.9. The van der Waals surface area contributed by atoms with Crippen LogP contribution in [0.3, 0.4) is 0 Å². The molecule has 1 aliphatic rings. The molecule has 0 saturated carbocycles. The van der Waals surface area contributed by atoms with Crippen molar-refractivity contribution in [3.05, 3.63) is 17.7 Å². The first kappa shape index (κ1) is 19.4. The van der Waals surface area contributed by atoms with Crippen molar-refractivity contribution in [3.8, 4) is 17.2 Å². The number of rotatable bonds is 7. The van der Waals surface area contributed by atoms with Gasteiger partial charge in [0.05, 0.1) is 21.3 Å². The molecule has 1 amide bonds. The first-order valence-corrected chi connectivity index (χ1v) is 8.82. The third-order valence-electron chi connectivity index (χ3n) is 4.93. The number of likely N-dealkylation sites (tertiary alicyclic amines) is 1. The van der Waals surface area contributed by atoms with Crippen molar-refractivity contribution in [2.24, 2.45) is 5.92 Å². The third kappa shape index (κ3) is 4.78. The highest BCUT2D eigenvalue weighted by molar-refractivity contribution is 5.95. The number of piperidine rings is 1. The molecular formula is C19H30N2O4. The monoisotopic (exact) mass is 350 g/mol. The lowest BCUT2D eigenvalue weighted by molar-refractivity contribution is 0.0921. The fourth-order valence-electron chi connectivity index (χ4n) is 3.15. The van der Waals surface area contributed by atoms with Crippen LogP contribution in [0.5, 0.6) is 17.2 Å². The van der Waals surface area contributed by atoms with Gasteiger partial charge in [-0.2, -0.15) is 0 Å². The summed E-state index contributed by atoms with van der Waals surface area (Å²) in [4.78, 5) is 15.0. The molecule has 140 valence electrons. The molecule has 25 heavy (non-hydrogen) atoms. The van der Waals surface area contributed by atoms with Crippen LogP contribution < -0.4 is 19.5 Å². The minimum Gasteiger partial charge on any atom is -0.493 e. The number of methoxy groups -OCH3 is 3. The molecule has 0 bridgehead atoms. The summed E-state index contributed by atoms with van der Waals surface area (Å²) in [6, 6.07) is 3.66. The highest BCUT2D eigenvalue weighted by atomic mass is 16.5. The third-order valence-corrected chi connectivity index (χ3v) is 4.93. The number of hydrogen-bond donors (Lipinski definition) is 1. The zero-order chi connectivity index (χ0) is 18.4. The average molecular weight is 350 g/mol. The Morgan fingerprint density at radius 3 is 2.20 bits per heavy atom. The van der Waals surface area contributed by atoms with E-state index < -0.39 is 0 Å². The van der Waals surface area contributed by atoms with Crippen LogP contribution in [-0.4, -0.2) is 57.8 Å². The summed E-state index contributed by atoms with van der Waals surface area (Å²) in [5.41, 5.74) is 0.494. The Morgan fingerprint density at radius 1 is 1.16 bits per heavy atom. The van der Waals surface area contributed by atoms with Crippen LogP contribution in [0.25, 0.3) is 0 Å². The number of nitrogens with one attached hydrogen (secondary N) is 1. The maximum Gasteiger partial charge on any atom is 0.251 e. The molecule has 0 radical (unpaired) electrons. The summed E-state index contributed by atoms with van der Waals surface area (Å²) in [6.07, 6.45) is 2.45. The van der Waals surface area contributed by atoms with Gasteiger partial charge in [0.1, 0.15) is 0 Å². The highest BCUT2D eigenvalue weighted by Crippen LogP contribution is 2.38. The second-order valence-electron chi connectivity index (χ2n) is 6.69. The molecule has 1 saturated heterocycles. The van der Waals surface area contributed by atoms with Crippen LogP contribution in [0.15, 0.2) is 12.1 Å². The molecule has 1 aromatic rings. The summed E-state index contributed by atoms with van der Waals surface area (Å²) < 4.78 is 15.9. The predicted octanol–water partition coefficient (Wildman–Crippen LogP) is 2.56. The van der Waals surface area contributed by atoms with Crippen molar-refractivity contribution in [2.75, 3.05) is 41.0 Å². The van der Waals surface area contributed by atoms with Gasteiger partial charge < -0.3 is 19.5 Å². The van der Waals surface area contributed by atoms with E-state index in [4.69, 9.17) is 14.2 Å². The van der Waals surface area contributed by atoms with Crippen LogP contribution in [-0.2, 0) is 0 Å². The molecule has 1 aliphatic heterocycles. The van der Waals surface area contributed by atoms with Crippen molar-refractivity contribution in [2.45, 2.75) is 32.7 Å². The molecule has 1 aromatic carbocycles. The zero-order valence-corrected chi connectivity index (χ0v) is 15.9. The molecule has 1 heterocycles. The predicted molar refractivity (Wildman–Crippen MR) is 97.9 cm³/mol. The van der Waals surface area contributed by atoms with Crippen molar-refractivity contribution < 1.29 is 19.0 Å². The molecule has 1 N–H and O–H groups in total. The minimum absolute atomic E-state index is 0.142. The van der Waals surface area contributed by atoms with Crippen LogP contribution in [0, 0.1) is 5.92 Å². The molecule has 0 aromatic heterocycles. The Labute approximate surface area is 150 Å². The van der Waals surface area contributed by atoms with E-state index in [1.54, 1.807) is 33.5 Å². The fraction of sp³-hybridized carbons (Fsp3) is 0.632. The van der Waals surface area contributed by atoms with Crippen LogP contribution in [0.4, 0.5) is 0 Å². The van der Waals surface area contributed by atoms with Gasteiger partial charge in [0.2, 0.25) is 5.75 Å². The Bertz CT molecular complexity index is 558. The number of hydrogen-bond acceptors (Lipinski definition) is 5. The second kappa shape index (κ2) is 8.94. The Kier molecular flexibility index (Phi) is 6.93. The van der Waals surface area contributed by atoms with E-state index in [0.29, 0.717) is 35.4 Å². The van der Waals surface area contributed by atoms with E-state index >= 15 is 0 Å². The van der Waals surface area contributed by atoms with Gasteiger partial charge in [-0.05, 0) is 50.9 Å². The smallest absolute Gasteiger partial charge is 0.251 e. The number of amides is 1. The van der Waals surface area contributed by atoms with Gasteiger partial charge in [-0.3, -0.25) is 9.69 Å². The van der Waals surface area contributed by atoms with E-state index in [2.05, 4.69) is 24.1 Å². The molecule has 1 atom stereocenters. The number of carbonyl (C=O) groups is 1. The van der Waals surface area contributed by atoms with Crippen molar-refractivity contribution >= 4 is 5.91 Å². The van der Waals surface area contributed by atoms with E-state index in [9.17, 15) is 4.79 Å².